The molecule has 0 saturated heterocycles. The van der Waals surface area contributed by atoms with E-state index in [1.54, 1.807) is 42.1 Å². The number of benzene rings is 2. The summed E-state index contributed by atoms with van der Waals surface area (Å²) in [7, 11) is 0. The molecule has 1 aliphatic rings. The smallest absolute Gasteiger partial charge is 0.316 e. The summed E-state index contributed by atoms with van der Waals surface area (Å²) in [5.41, 5.74) is 2.76. The summed E-state index contributed by atoms with van der Waals surface area (Å²) in [6.07, 6.45) is 1.70. The molecule has 1 N–H and O–H groups in total. The van der Waals surface area contributed by atoms with Crippen molar-refractivity contribution in [2.45, 2.75) is 13.5 Å². The first-order valence-electron chi connectivity index (χ1n) is 9.40. The minimum absolute atomic E-state index is 0.162. The van der Waals surface area contributed by atoms with Crippen molar-refractivity contribution in [2.24, 2.45) is 0 Å². The van der Waals surface area contributed by atoms with Gasteiger partial charge in [-0.2, -0.15) is 10.1 Å². The van der Waals surface area contributed by atoms with Crippen molar-refractivity contribution in [1.82, 2.24) is 25.2 Å². The molecule has 0 radical (unpaired) electrons. The van der Waals surface area contributed by atoms with Gasteiger partial charge in [0, 0.05) is 12.7 Å². The molecule has 0 bridgehead atoms. The highest BCUT2D eigenvalue weighted by Crippen LogP contribution is 2.32. The van der Waals surface area contributed by atoms with Crippen LogP contribution in [-0.2, 0) is 6.54 Å². The third kappa shape index (κ3) is 3.70. The lowest BCUT2D eigenvalue weighted by Crippen LogP contribution is -2.23. The molecule has 2 aromatic heterocycles. The first kappa shape index (κ1) is 18.8. The molecule has 0 aliphatic carbocycles. The van der Waals surface area contributed by atoms with E-state index in [1.165, 1.54) is 12.1 Å². The zero-order chi connectivity index (χ0) is 21.4. The second-order valence-electron chi connectivity index (χ2n) is 6.84. The van der Waals surface area contributed by atoms with Crippen LogP contribution >= 0.6 is 0 Å². The van der Waals surface area contributed by atoms with Crippen LogP contribution < -0.4 is 14.8 Å². The molecule has 156 valence electrons. The highest BCUT2D eigenvalue weighted by molar-refractivity contribution is 5.89. The van der Waals surface area contributed by atoms with Gasteiger partial charge in [-0.05, 0) is 48.9 Å². The van der Waals surface area contributed by atoms with Gasteiger partial charge in [0.1, 0.15) is 5.82 Å². The van der Waals surface area contributed by atoms with Crippen LogP contribution in [-0.4, -0.2) is 32.6 Å². The van der Waals surface area contributed by atoms with Crippen molar-refractivity contribution in [3.63, 3.8) is 0 Å². The number of rotatable bonds is 5. The normalized spacial score (nSPS) is 12.2. The van der Waals surface area contributed by atoms with Crippen molar-refractivity contribution in [3.8, 4) is 28.6 Å². The number of halogens is 1. The minimum Gasteiger partial charge on any atom is -0.454 e. The van der Waals surface area contributed by atoms with Crippen LogP contribution in [0, 0.1) is 12.7 Å². The molecular formula is C21H16FN5O4. The number of fused-ring (bicyclic) bond motifs is 1. The highest BCUT2D eigenvalue weighted by atomic mass is 19.1. The average Bonchev–Trinajstić information content (AvgIpc) is 3.51. The fraction of sp³-hybridized carbons (Fsp3) is 0.143. The number of hydrogen-bond donors (Lipinski definition) is 1. The summed E-state index contributed by atoms with van der Waals surface area (Å²) in [5.74, 6) is 0.555. The van der Waals surface area contributed by atoms with E-state index in [9.17, 15) is 9.18 Å². The molecule has 3 heterocycles. The van der Waals surface area contributed by atoms with E-state index in [-0.39, 0.29) is 30.9 Å². The van der Waals surface area contributed by atoms with Crippen molar-refractivity contribution in [1.29, 1.82) is 0 Å². The maximum absolute atomic E-state index is 13.1. The van der Waals surface area contributed by atoms with E-state index in [0.29, 0.717) is 28.4 Å². The summed E-state index contributed by atoms with van der Waals surface area (Å²) in [6.45, 7) is 2.23. The van der Waals surface area contributed by atoms with Crippen molar-refractivity contribution < 1.29 is 23.2 Å². The fourth-order valence-corrected chi connectivity index (χ4v) is 3.14. The van der Waals surface area contributed by atoms with E-state index in [0.717, 1.165) is 5.56 Å². The number of nitrogens with one attached hydrogen (secondary N) is 1. The van der Waals surface area contributed by atoms with Crippen LogP contribution in [0.4, 0.5) is 4.39 Å². The van der Waals surface area contributed by atoms with Gasteiger partial charge in [-0.15, -0.1) is 0 Å². The van der Waals surface area contributed by atoms with E-state index in [2.05, 4.69) is 20.6 Å². The standard InChI is InChI=1S/C21H16FN5O4/c1-12-16(10-27(25-12)15-5-3-14(22)4-6-15)19-24-21(31-26-19)20(28)23-9-13-2-7-17-18(8-13)30-11-29-17/h2-8,10H,9,11H2,1H3,(H,23,28). The van der Waals surface area contributed by atoms with Crippen molar-refractivity contribution in [3.05, 3.63) is 71.6 Å². The molecule has 0 spiro atoms. The van der Waals surface area contributed by atoms with Gasteiger partial charge in [-0.1, -0.05) is 11.2 Å². The Hall–Kier alpha value is -4.21. The molecule has 1 amide bonds. The van der Waals surface area contributed by atoms with Crippen LogP contribution in [0.3, 0.4) is 0 Å². The fourth-order valence-electron chi connectivity index (χ4n) is 3.14. The molecular weight excluding hydrogens is 405 g/mol. The molecule has 0 saturated carbocycles. The Morgan fingerprint density at radius 2 is 1.97 bits per heavy atom. The third-order valence-electron chi connectivity index (χ3n) is 4.74. The van der Waals surface area contributed by atoms with E-state index < -0.39 is 5.91 Å². The molecule has 10 heteroatoms. The number of ether oxygens (including phenoxy) is 2. The zero-order valence-corrected chi connectivity index (χ0v) is 16.3. The Labute approximate surface area is 175 Å². The Morgan fingerprint density at radius 3 is 2.81 bits per heavy atom. The van der Waals surface area contributed by atoms with Gasteiger partial charge in [0.25, 0.3) is 0 Å². The maximum atomic E-state index is 13.1. The predicted molar refractivity (Wildman–Crippen MR) is 105 cm³/mol. The van der Waals surface area contributed by atoms with Crippen LogP contribution in [0.15, 0.2) is 53.2 Å². The molecule has 31 heavy (non-hydrogen) atoms. The molecule has 5 rings (SSSR count). The van der Waals surface area contributed by atoms with E-state index in [1.807, 2.05) is 6.07 Å². The van der Waals surface area contributed by atoms with Gasteiger partial charge in [0.05, 0.1) is 16.9 Å². The van der Waals surface area contributed by atoms with E-state index in [4.69, 9.17) is 14.0 Å². The highest BCUT2D eigenvalue weighted by Gasteiger charge is 2.20. The quantitative estimate of drug-likeness (QED) is 0.528. The van der Waals surface area contributed by atoms with Gasteiger partial charge in [-0.25, -0.2) is 9.07 Å². The first-order valence-corrected chi connectivity index (χ1v) is 9.40. The lowest BCUT2D eigenvalue weighted by atomic mass is 10.2. The number of amides is 1. The van der Waals surface area contributed by atoms with E-state index >= 15 is 0 Å². The van der Waals surface area contributed by atoms with Crippen LogP contribution in [0.2, 0.25) is 0 Å². The number of nitrogens with zero attached hydrogens (tertiary/aromatic N) is 4. The van der Waals surface area contributed by atoms with Gasteiger partial charge in [-0.3, -0.25) is 4.79 Å². The van der Waals surface area contributed by atoms with Crippen LogP contribution in [0.5, 0.6) is 11.5 Å². The average molecular weight is 421 g/mol. The molecule has 0 fully saturated rings. The lowest BCUT2D eigenvalue weighted by Gasteiger charge is -2.03. The van der Waals surface area contributed by atoms with Crippen LogP contribution in [0.1, 0.15) is 21.9 Å². The van der Waals surface area contributed by atoms with Crippen LogP contribution in [0.25, 0.3) is 17.1 Å². The molecule has 9 nitrogen and oxygen atoms in total. The maximum Gasteiger partial charge on any atom is 0.316 e. The number of carbonyl (C=O) groups is 1. The number of hydrogen-bond acceptors (Lipinski definition) is 7. The largest absolute Gasteiger partial charge is 0.454 e. The predicted octanol–water partition coefficient (Wildman–Crippen LogP) is 3.03. The number of aryl methyl sites for hydroxylation is 1. The Bertz CT molecular complexity index is 1270. The van der Waals surface area contributed by atoms with Gasteiger partial charge >= 0.3 is 11.8 Å². The number of aromatic nitrogens is 4. The SMILES string of the molecule is Cc1nn(-c2ccc(F)cc2)cc1-c1noc(C(=O)NCc2ccc3c(c2)OCO3)n1. The molecule has 4 aromatic rings. The first-order chi connectivity index (χ1) is 15.1. The monoisotopic (exact) mass is 421 g/mol. The molecule has 1 aliphatic heterocycles. The minimum atomic E-state index is -0.500. The molecule has 0 unspecified atom stereocenters. The molecule has 0 atom stereocenters. The summed E-state index contributed by atoms with van der Waals surface area (Å²) < 4.78 is 30.5. The van der Waals surface area contributed by atoms with Gasteiger partial charge in [0.2, 0.25) is 12.6 Å². The van der Waals surface area contributed by atoms with Crippen molar-refractivity contribution in [2.75, 3.05) is 6.79 Å². The Kier molecular flexibility index (Phi) is 4.58. The van der Waals surface area contributed by atoms with Gasteiger partial charge < -0.3 is 19.3 Å². The summed E-state index contributed by atoms with van der Waals surface area (Å²) in [4.78, 5) is 16.6. The van der Waals surface area contributed by atoms with Gasteiger partial charge in [0.15, 0.2) is 11.5 Å². The Balaban J connectivity index is 1.29. The topological polar surface area (TPSA) is 104 Å². The number of carbonyl (C=O) groups excluding carboxylic acids is 1. The molecule has 2 aromatic carbocycles. The summed E-state index contributed by atoms with van der Waals surface area (Å²) in [6, 6.07) is 11.3. The zero-order valence-electron chi connectivity index (χ0n) is 16.3. The second kappa shape index (κ2) is 7.56. The van der Waals surface area contributed by atoms with Crippen molar-refractivity contribution >= 4 is 5.91 Å². The lowest BCUT2D eigenvalue weighted by molar-refractivity contribution is 0.0907. The third-order valence-corrected chi connectivity index (χ3v) is 4.74. The summed E-state index contributed by atoms with van der Waals surface area (Å²) >= 11 is 0. The second-order valence-corrected chi connectivity index (χ2v) is 6.84. The Morgan fingerprint density at radius 1 is 1.16 bits per heavy atom. The summed E-state index contributed by atoms with van der Waals surface area (Å²) in [5, 5.41) is 11.0.